The molecule has 1 unspecified atom stereocenters. The Morgan fingerprint density at radius 2 is 1.83 bits per heavy atom. The van der Waals surface area contributed by atoms with Crippen molar-refractivity contribution in [2.75, 3.05) is 24.5 Å². The number of alkyl carbamates (subject to hydrolysis) is 1. The molecule has 0 bridgehead atoms. The van der Waals surface area contributed by atoms with E-state index in [1.807, 2.05) is 12.1 Å². The molecule has 0 spiro atoms. The van der Waals surface area contributed by atoms with Gasteiger partial charge in [0, 0.05) is 37.6 Å². The van der Waals surface area contributed by atoms with E-state index < -0.39 is 18.4 Å². The third kappa shape index (κ3) is 6.68. The standard InChI is InChI=1S/C24H24F4N4O2S/c25-19-4-1-17(2-5-19)18-3-6-21(31-13-18)32-11-8-16(9-12-32)7-10-30-23(33)34-22(24(26,27)28)20-14-29-15-35-20/h1-6,13-16,22H,7-12H2,(H,30,33). The summed E-state index contributed by atoms with van der Waals surface area (Å²) in [6, 6.07) is 10.2. The summed E-state index contributed by atoms with van der Waals surface area (Å²) in [5, 5.41) is 2.44. The number of hydrogen-bond acceptors (Lipinski definition) is 6. The van der Waals surface area contributed by atoms with Crippen molar-refractivity contribution in [2.24, 2.45) is 5.92 Å². The van der Waals surface area contributed by atoms with E-state index in [1.54, 1.807) is 18.3 Å². The van der Waals surface area contributed by atoms with E-state index in [4.69, 9.17) is 0 Å². The van der Waals surface area contributed by atoms with E-state index in [0.29, 0.717) is 12.3 Å². The molecule has 3 heterocycles. The Labute approximate surface area is 204 Å². The van der Waals surface area contributed by atoms with Crippen LogP contribution in [0.1, 0.15) is 30.2 Å². The number of ether oxygens (including phenoxy) is 1. The summed E-state index contributed by atoms with van der Waals surface area (Å²) >= 11 is 0.785. The lowest BCUT2D eigenvalue weighted by Crippen LogP contribution is -2.36. The van der Waals surface area contributed by atoms with E-state index in [9.17, 15) is 22.4 Å². The predicted octanol–water partition coefficient (Wildman–Crippen LogP) is 5.98. The van der Waals surface area contributed by atoms with E-state index in [2.05, 4.69) is 24.9 Å². The lowest BCUT2D eigenvalue weighted by molar-refractivity contribution is -0.205. The van der Waals surface area contributed by atoms with Crippen molar-refractivity contribution in [3.8, 4) is 11.1 Å². The molecule has 1 N–H and O–H groups in total. The van der Waals surface area contributed by atoms with Gasteiger partial charge in [-0.25, -0.2) is 14.2 Å². The third-order valence-electron chi connectivity index (χ3n) is 5.92. The Balaban J connectivity index is 1.20. The molecule has 1 aliphatic rings. The minimum absolute atomic E-state index is 0.167. The van der Waals surface area contributed by atoms with Crippen molar-refractivity contribution in [3.63, 3.8) is 0 Å². The monoisotopic (exact) mass is 508 g/mol. The van der Waals surface area contributed by atoms with Gasteiger partial charge >= 0.3 is 12.3 Å². The summed E-state index contributed by atoms with van der Waals surface area (Å²) in [6.07, 6.45) is -2.89. The number of carbonyl (C=O) groups is 1. The molecule has 1 fully saturated rings. The molecule has 35 heavy (non-hydrogen) atoms. The van der Waals surface area contributed by atoms with Gasteiger partial charge in [-0.2, -0.15) is 13.2 Å². The van der Waals surface area contributed by atoms with Crippen molar-refractivity contribution in [1.29, 1.82) is 0 Å². The molecule has 1 aliphatic heterocycles. The zero-order valence-electron chi connectivity index (χ0n) is 18.7. The first kappa shape index (κ1) is 24.9. The second-order valence-corrected chi connectivity index (χ2v) is 9.21. The van der Waals surface area contributed by atoms with E-state index in [0.717, 1.165) is 60.4 Å². The zero-order valence-corrected chi connectivity index (χ0v) is 19.5. The van der Waals surface area contributed by atoms with Gasteiger partial charge in [-0.1, -0.05) is 12.1 Å². The average molecular weight is 509 g/mol. The second-order valence-electron chi connectivity index (χ2n) is 8.29. The molecule has 1 atom stereocenters. The maximum atomic E-state index is 13.2. The maximum Gasteiger partial charge on any atom is 0.430 e. The van der Waals surface area contributed by atoms with Gasteiger partial charge in [-0.15, -0.1) is 11.3 Å². The fourth-order valence-corrected chi connectivity index (χ4v) is 4.68. The number of amides is 1. The van der Waals surface area contributed by atoms with Gasteiger partial charge in [0.2, 0.25) is 6.10 Å². The van der Waals surface area contributed by atoms with Gasteiger partial charge in [-0.05, 0) is 55.0 Å². The maximum absolute atomic E-state index is 13.2. The molecule has 6 nitrogen and oxygen atoms in total. The highest BCUT2D eigenvalue weighted by atomic mass is 32.1. The van der Waals surface area contributed by atoms with Crippen LogP contribution < -0.4 is 10.2 Å². The molecule has 186 valence electrons. The molecule has 2 aromatic heterocycles. The number of thiazole rings is 1. The quantitative estimate of drug-likeness (QED) is 0.398. The van der Waals surface area contributed by atoms with Crippen LogP contribution in [-0.2, 0) is 4.74 Å². The smallest absolute Gasteiger partial charge is 0.430 e. The fraction of sp³-hybridized carbons (Fsp3) is 0.375. The molecule has 1 aromatic carbocycles. The van der Waals surface area contributed by atoms with Gasteiger partial charge < -0.3 is 15.0 Å². The summed E-state index contributed by atoms with van der Waals surface area (Å²) < 4.78 is 57.4. The minimum Gasteiger partial charge on any atom is -0.431 e. The topological polar surface area (TPSA) is 67.4 Å². The summed E-state index contributed by atoms with van der Waals surface area (Å²) in [7, 11) is 0. The van der Waals surface area contributed by atoms with E-state index in [-0.39, 0.29) is 17.2 Å². The number of rotatable bonds is 7. The van der Waals surface area contributed by atoms with Crippen molar-refractivity contribution in [2.45, 2.75) is 31.5 Å². The van der Waals surface area contributed by atoms with Crippen molar-refractivity contribution < 1.29 is 27.1 Å². The number of nitrogens with zero attached hydrogens (tertiary/aromatic N) is 3. The molecule has 1 saturated heterocycles. The molecular formula is C24H24F4N4O2S. The number of carbonyl (C=O) groups excluding carboxylic acids is 1. The van der Waals surface area contributed by atoms with Crippen LogP contribution in [0.15, 0.2) is 54.3 Å². The summed E-state index contributed by atoms with van der Waals surface area (Å²) in [5.74, 6) is 0.914. The molecule has 4 rings (SSSR count). The van der Waals surface area contributed by atoms with Gasteiger partial charge in [0.05, 0.1) is 10.4 Å². The number of benzene rings is 1. The van der Waals surface area contributed by atoms with E-state index >= 15 is 0 Å². The molecular weight excluding hydrogens is 484 g/mol. The van der Waals surface area contributed by atoms with E-state index in [1.165, 1.54) is 17.6 Å². The lowest BCUT2D eigenvalue weighted by Gasteiger charge is -2.33. The van der Waals surface area contributed by atoms with Crippen LogP contribution in [0.25, 0.3) is 11.1 Å². The predicted molar refractivity (Wildman–Crippen MR) is 125 cm³/mol. The van der Waals surface area contributed by atoms with Crippen LogP contribution in [0.5, 0.6) is 0 Å². The van der Waals surface area contributed by atoms with Crippen molar-refractivity contribution >= 4 is 23.2 Å². The molecule has 0 saturated carbocycles. The Morgan fingerprint density at radius 3 is 2.43 bits per heavy atom. The summed E-state index contributed by atoms with van der Waals surface area (Å²) in [5.41, 5.74) is 3.06. The van der Waals surface area contributed by atoms with Crippen LogP contribution in [0.2, 0.25) is 0 Å². The SMILES string of the molecule is O=C(NCCC1CCN(c2ccc(-c3ccc(F)cc3)cn2)CC1)OC(c1cncs1)C(F)(F)F. The molecule has 0 radical (unpaired) electrons. The zero-order chi connectivity index (χ0) is 24.8. The number of anilines is 1. The van der Waals surface area contributed by atoms with Crippen LogP contribution in [0.3, 0.4) is 0 Å². The highest BCUT2D eigenvalue weighted by Crippen LogP contribution is 2.37. The largest absolute Gasteiger partial charge is 0.431 e. The lowest BCUT2D eigenvalue weighted by atomic mass is 9.93. The van der Waals surface area contributed by atoms with Gasteiger partial charge in [-0.3, -0.25) is 4.98 Å². The van der Waals surface area contributed by atoms with Crippen LogP contribution >= 0.6 is 11.3 Å². The molecule has 11 heteroatoms. The Hall–Kier alpha value is -3.21. The first-order valence-electron chi connectivity index (χ1n) is 11.2. The Bertz CT molecular complexity index is 1080. The van der Waals surface area contributed by atoms with Crippen LogP contribution in [0, 0.1) is 11.7 Å². The Kier molecular flexibility index (Phi) is 7.84. The second kappa shape index (κ2) is 11.0. The summed E-state index contributed by atoms with van der Waals surface area (Å²) in [4.78, 5) is 22.1. The number of pyridine rings is 1. The van der Waals surface area contributed by atoms with Crippen molar-refractivity contribution in [1.82, 2.24) is 15.3 Å². The number of alkyl halides is 3. The number of halogens is 4. The highest BCUT2D eigenvalue weighted by molar-refractivity contribution is 7.09. The van der Waals surface area contributed by atoms with Gasteiger partial charge in [0.1, 0.15) is 11.6 Å². The first-order valence-corrected chi connectivity index (χ1v) is 12.0. The minimum atomic E-state index is -4.71. The normalized spacial score (nSPS) is 15.6. The van der Waals surface area contributed by atoms with Crippen molar-refractivity contribution in [3.05, 3.63) is 65.0 Å². The number of nitrogens with one attached hydrogen (secondary N) is 1. The van der Waals surface area contributed by atoms with Gasteiger partial charge in [0.25, 0.3) is 0 Å². The highest BCUT2D eigenvalue weighted by Gasteiger charge is 2.45. The molecule has 0 aliphatic carbocycles. The fourth-order valence-electron chi connectivity index (χ4n) is 4.01. The molecule has 3 aromatic rings. The number of hydrogen-bond donors (Lipinski definition) is 1. The number of aromatic nitrogens is 2. The van der Waals surface area contributed by atoms with Gasteiger partial charge in [0.15, 0.2) is 0 Å². The number of piperidine rings is 1. The van der Waals surface area contributed by atoms with Crippen LogP contribution in [0.4, 0.5) is 28.2 Å². The molecule has 1 amide bonds. The average Bonchev–Trinajstić information content (AvgIpc) is 3.37. The van der Waals surface area contributed by atoms with Crippen LogP contribution in [-0.4, -0.2) is 41.9 Å². The Morgan fingerprint density at radius 1 is 1.11 bits per heavy atom. The summed E-state index contributed by atoms with van der Waals surface area (Å²) in [6.45, 7) is 1.82. The third-order valence-corrected chi connectivity index (χ3v) is 6.74. The first-order chi connectivity index (χ1) is 16.8.